The number of aliphatic hydroxyl groups is 2. The average molecular weight is 276 g/mol. The molecule has 0 radical (unpaired) electrons. The second-order valence-electron chi connectivity index (χ2n) is 5.04. The highest BCUT2D eigenvalue weighted by molar-refractivity contribution is 5.72. The van der Waals surface area contributed by atoms with Crippen LogP contribution in [0.4, 0.5) is 0 Å². The lowest BCUT2D eigenvalue weighted by atomic mass is 10.0. The summed E-state index contributed by atoms with van der Waals surface area (Å²) >= 11 is 0. The molecular weight excluding hydrogens is 252 g/mol. The number of aliphatic hydroxyl groups excluding tert-OH is 2. The van der Waals surface area contributed by atoms with Crippen LogP contribution >= 0.6 is 0 Å². The molecule has 6 nitrogen and oxygen atoms in total. The Morgan fingerprint density at radius 1 is 1.37 bits per heavy atom. The predicted molar refractivity (Wildman–Crippen MR) is 67.6 cm³/mol. The first-order chi connectivity index (χ1) is 8.95. The van der Waals surface area contributed by atoms with Crippen LogP contribution < -0.4 is 0 Å². The van der Waals surface area contributed by atoms with Crippen molar-refractivity contribution >= 4 is 5.97 Å². The third-order valence-corrected chi connectivity index (χ3v) is 3.33. The lowest BCUT2D eigenvalue weighted by Gasteiger charge is -2.36. The van der Waals surface area contributed by atoms with Crippen LogP contribution in [0.2, 0.25) is 0 Å². The van der Waals surface area contributed by atoms with Crippen LogP contribution in [-0.4, -0.2) is 52.0 Å². The van der Waals surface area contributed by atoms with Crippen LogP contribution in [0.15, 0.2) is 0 Å². The zero-order valence-corrected chi connectivity index (χ0v) is 11.5. The van der Waals surface area contributed by atoms with Crippen molar-refractivity contribution in [3.63, 3.8) is 0 Å². The van der Waals surface area contributed by atoms with Gasteiger partial charge < -0.3 is 24.8 Å². The van der Waals surface area contributed by atoms with Crippen LogP contribution in [-0.2, 0) is 14.3 Å². The summed E-state index contributed by atoms with van der Waals surface area (Å²) in [5.74, 6) is -1.05. The highest BCUT2D eigenvalue weighted by atomic mass is 16.7. The molecule has 0 spiro atoms. The Labute approximate surface area is 113 Å². The van der Waals surface area contributed by atoms with Crippen molar-refractivity contribution in [2.45, 2.75) is 76.7 Å². The fraction of sp³-hybridized carbons (Fsp3) is 0.923. The van der Waals surface area contributed by atoms with Gasteiger partial charge in [-0.3, -0.25) is 0 Å². The first-order valence-corrected chi connectivity index (χ1v) is 6.85. The Morgan fingerprint density at radius 3 is 2.63 bits per heavy atom. The Hall–Kier alpha value is -0.690. The molecule has 0 amide bonds. The molecule has 1 fully saturated rings. The number of carboxylic acid groups (broad SMARTS) is 1. The SMILES string of the molecule is CCCCCC(OC1O[C@@H](C)[C@H](O)C[C@H]1O)C(=O)O. The van der Waals surface area contributed by atoms with Gasteiger partial charge >= 0.3 is 5.97 Å². The van der Waals surface area contributed by atoms with Crippen molar-refractivity contribution in [1.29, 1.82) is 0 Å². The molecule has 0 aromatic rings. The van der Waals surface area contributed by atoms with Gasteiger partial charge in [-0.05, 0) is 13.3 Å². The summed E-state index contributed by atoms with van der Waals surface area (Å²) in [5, 5.41) is 28.4. The van der Waals surface area contributed by atoms with Gasteiger partial charge in [-0.2, -0.15) is 0 Å². The molecule has 19 heavy (non-hydrogen) atoms. The van der Waals surface area contributed by atoms with E-state index in [0.717, 1.165) is 19.3 Å². The lowest BCUT2D eigenvalue weighted by molar-refractivity contribution is -0.275. The summed E-state index contributed by atoms with van der Waals surface area (Å²) < 4.78 is 10.7. The molecule has 0 aromatic carbocycles. The molecule has 1 rings (SSSR count). The molecule has 0 aromatic heterocycles. The third kappa shape index (κ3) is 5.06. The smallest absolute Gasteiger partial charge is 0.332 e. The second-order valence-corrected chi connectivity index (χ2v) is 5.04. The van der Waals surface area contributed by atoms with Crippen LogP contribution in [0.1, 0.15) is 46.0 Å². The largest absolute Gasteiger partial charge is 0.479 e. The van der Waals surface area contributed by atoms with Crippen molar-refractivity contribution in [1.82, 2.24) is 0 Å². The Kier molecular flexibility index (Phi) is 6.71. The lowest BCUT2D eigenvalue weighted by Crippen LogP contribution is -2.49. The van der Waals surface area contributed by atoms with Crippen molar-refractivity contribution in [2.75, 3.05) is 0 Å². The summed E-state index contributed by atoms with van der Waals surface area (Å²) in [6.45, 7) is 3.70. The number of carbonyl (C=O) groups is 1. The van der Waals surface area contributed by atoms with E-state index in [1.54, 1.807) is 6.92 Å². The maximum Gasteiger partial charge on any atom is 0.332 e. The summed E-state index contributed by atoms with van der Waals surface area (Å²) in [6, 6.07) is 0. The fourth-order valence-electron chi connectivity index (χ4n) is 2.06. The molecule has 0 aliphatic carbocycles. The van der Waals surface area contributed by atoms with E-state index in [-0.39, 0.29) is 6.42 Å². The standard InChI is InChI=1S/C13H24O6/c1-3-4-5-6-11(12(16)17)19-13-10(15)7-9(14)8(2)18-13/h8-11,13-15H,3-7H2,1-2H3,(H,16,17)/t8-,9+,10+,11?,13?/m0/s1. The van der Waals surface area contributed by atoms with E-state index in [1.165, 1.54) is 0 Å². The van der Waals surface area contributed by atoms with Crippen molar-refractivity contribution in [3.8, 4) is 0 Å². The second kappa shape index (κ2) is 7.79. The minimum absolute atomic E-state index is 0.132. The van der Waals surface area contributed by atoms with Gasteiger partial charge in [-0.15, -0.1) is 0 Å². The summed E-state index contributed by atoms with van der Waals surface area (Å²) in [7, 11) is 0. The summed E-state index contributed by atoms with van der Waals surface area (Å²) in [4.78, 5) is 11.1. The van der Waals surface area contributed by atoms with Crippen molar-refractivity contribution in [3.05, 3.63) is 0 Å². The van der Waals surface area contributed by atoms with E-state index in [4.69, 9.17) is 14.6 Å². The van der Waals surface area contributed by atoms with E-state index in [0.29, 0.717) is 6.42 Å². The maximum atomic E-state index is 11.1. The molecule has 5 atom stereocenters. The quantitative estimate of drug-likeness (QED) is 0.598. The molecule has 1 aliphatic rings. The van der Waals surface area contributed by atoms with Gasteiger partial charge in [-0.25, -0.2) is 4.79 Å². The zero-order chi connectivity index (χ0) is 14.4. The van der Waals surface area contributed by atoms with E-state index in [2.05, 4.69) is 0 Å². The number of aliphatic carboxylic acids is 1. The number of rotatable bonds is 7. The molecule has 6 heteroatoms. The molecule has 1 aliphatic heterocycles. The highest BCUT2D eigenvalue weighted by Crippen LogP contribution is 2.23. The number of carboxylic acids is 1. The van der Waals surface area contributed by atoms with Gasteiger partial charge in [0.25, 0.3) is 0 Å². The molecule has 0 bridgehead atoms. The maximum absolute atomic E-state index is 11.1. The summed E-state index contributed by atoms with van der Waals surface area (Å²) in [5.41, 5.74) is 0. The van der Waals surface area contributed by atoms with Gasteiger partial charge in [0.15, 0.2) is 12.4 Å². The fourth-order valence-corrected chi connectivity index (χ4v) is 2.06. The molecule has 1 saturated heterocycles. The van der Waals surface area contributed by atoms with Crippen LogP contribution in [0.25, 0.3) is 0 Å². The Morgan fingerprint density at radius 2 is 2.05 bits per heavy atom. The van der Waals surface area contributed by atoms with Crippen LogP contribution in [0, 0.1) is 0 Å². The number of ether oxygens (including phenoxy) is 2. The molecule has 1 heterocycles. The van der Waals surface area contributed by atoms with Crippen molar-refractivity contribution in [2.24, 2.45) is 0 Å². The number of hydrogen-bond acceptors (Lipinski definition) is 5. The van der Waals surface area contributed by atoms with Crippen molar-refractivity contribution < 1.29 is 29.6 Å². The van der Waals surface area contributed by atoms with Gasteiger partial charge in [-0.1, -0.05) is 26.2 Å². The number of unbranched alkanes of at least 4 members (excludes halogenated alkanes) is 2. The first-order valence-electron chi connectivity index (χ1n) is 6.85. The van der Waals surface area contributed by atoms with E-state index < -0.39 is 36.7 Å². The monoisotopic (exact) mass is 276 g/mol. The molecule has 0 saturated carbocycles. The van der Waals surface area contributed by atoms with Gasteiger partial charge in [0.05, 0.1) is 12.2 Å². The minimum Gasteiger partial charge on any atom is -0.479 e. The van der Waals surface area contributed by atoms with Gasteiger partial charge in [0.1, 0.15) is 6.10 Å². The van der Waals surface area contributed by atoms with Crippen LogP contribution in [0.3, 0.4) is 0 Å². The molecule has 2 unspecified atom stereocenters. The zero-order valence-electron chi connectivity index (χ0n) is 11.5. The molecule has 112 valence electrons. The topological polar surface area (TPSA) is 96.2 Å². The Bertz CT molecular complexity index is 282. The molecule has 3 N–H and O–H groups in total. The molecular formula is C13H24O6. The first kappa shape index (κ1) is 16.4. The normalized spacial score (nSPS) is 33.1. The van der Waals surface area contributed by atoms with E-state index in [1.807, 2.05) is 6.92 Å². The number of hydrogen-bond donors (Lipinski definition) is 3. The van der Waals surface area contributed by atoms with Gasteiger partial charge in [0, 0.05) is 6.42 Å². The Balaban J connectivity index is 2.50. The highest BCUT2D eigenvalue weighted by Gasteiger charge is 2.37. The van der Waals surface area contributed by atoms with Gasteiger partial charge in [0.2, 0.25) is 0 Å². The van der Waals surface area contributed by atoms with E-state index in [9.17, 15) is 15.0 Å². The predicted octanol–water partition coefficient (Wildman–Crippen LogP) is 0.893. The van der Waals surface area contributed by atoms with Crippen LogP contribution in [0.5, 0.6) is 0 Å². The summed E-state index contributed by atoms with van der Waals surface area (Å²) in [6.07, 6.45) is -0.964. The third-order valence-electron chi connectivity index (χ3n) is 3.33. The van der Waals surface area contributed by atoms with E-state index >= 15 is 0 Å². The average Bonchev–Trinajstić information content (AvgIpc) is 2.34. The minimum atomic E-state index is -1.05.